The lowest BCUT2D eigenvalue weighted by atomic mass is 10.1. The van der Waals surface area contributed by atoms with Crippen LogP contribution in [0.1, 0.15) is 35.3 Å². The fraction of sp³-hybridized carbons (Fsp3) is 0.263. The van der Waals surface area contributed by atoms with Crippen LogP contribution in [0.3, 0.4) is 0 Å². The van der Waals surface area contributed by atoms with Crippen LogP contribution in [0.5, 0.6) is 5.75 Å². The van der Waals surface area contributed by atoms with E-state index in [1.54, 1.807) is 31.2 Å². The molecule has 4 heteroatoms. The highest BCUT2D eigenvalue weighted by Gasteiger charge is 2.17. The average molecular weight is 311 g/mol. The SMILES string of the molecule is CC(=O)c1ccc(NC(=O)C(C)Oc2c(C)cccc2C)cc1. The maximum atomic E-state index is 12.3. The Morgan fingerprint density at radius 1 is 1.00 bits per heavy atom. The van der Waals surface area contributed by atoms with Crippen molar-refractivity contribution < 1.29 is 14.3 Å². The van der Waals surface area contributed by atoms with E-state index in [1.807, 2.05) is 32.0 Å². The zero-order valence-electron chi connectivity index (χ0n) is 13.8. The number of aryl methyl sites for hydroxylation is 2. The summed E-state index contributed by atoms with van der Waals surface area (Å²) < 4.78 is 5.81. The predicted molar refractivity (Wildman–Crippen MR) is 91.1 cm³/mol. The molecule has 1 N–H and O–H groups in total. The number of carbonyl (C=O) groups excluding carboxylic acids is 2. The molecule has 23 heavy (non-hydrogen) atoms. The minimum atomic E-state index is -0.623. The third-order valence-electron chi connectivity index (χ3n) is 3.63. The van der Waals surface area contributed by atoms with Gasteiger partial charge in [0.15, 0.2) is 11.9 Å². The summed E-state index contributed by atoms with van der Waals surface area (Å²) in [6.07, 6.45) is -0.623. The Labute approximate surface area is 136 Å². The zero-order chi connectivity index (χ0) is 17.0. The third kappa shape index (κ3) is 4.19. The highest BCUT2D eigenvalue weighted by Crippen LogP contribution is 2.23. The summed E-state index contributed by atoms with van der Waals surface area (Å²) >= 11 is 0. The van der Waals surface area contributed by atoms with Gasteiger partial charge >= 0.3 is 0 Å². The van der Waals surface area contributed by atoms with E-state index < -0.39 is 6.10 Å². The number of ketones is 1. The fourth-order valence-electron chi connectivity index (χ4n) is 2.25. The van der Waals surface area contributed by atoms with Gasteiger partial charge in [-0.05, 0) is 63.1 Å². The van der Waals surface area contributed by atoms with Gasteiger partial charge in [-0.15, -0.1) is 0 Å². The van der Waals surface area contributed by atoms with Crippen molar-refractivity contribution >= 4 is 17.4 Å². The molecule has 0 aliphatic heterocycles. The molecule has 0 aromatic heterocycles. The molecular weight excluding hydrogens is 290 g/mol. The van der Waals surface area contributed by atoms with Crippen molar-refractivity contribution in [3.8, 4) is 5.75 Å². The maximum Gasteiger partial charge on any atom is 0.265 e. The lowest BCUT2D eigenvalue weighted by Crippen LogP contribution is -2.30. The molecule has 1 atom stereocenters. The van der Waals surface area contributed by atoms with Gasteiger partial charge in [0.25, 0.3) is 5.91 Å². The Kier molecular flexibility index (Phi) is 5.16. The number of amides is 1. The number of carbonyl (C=O) groups is 2. The number of ether oxygens (including phenoxy) is 1. The van der Waals surface area contributed by atoms with Crippen LogP contribution in [-0.2, 0) is 4.79 Å². The molecule has 2 rings (SSSR count). The summed E-state index contributed by atoms with van der Waals surface area (Å²) in [5, 5.41) is 2.79. The number of hydrogen-bond acceptors (Lipinski definition) is 3. The first-order valence-electron chi connectivity index (χ1n) is 7.53. The van der Waals surface area contributed by atoms with Crippen molar-refractivity contribution in [2.75, 3.05) is 5.32 Å². The Morgan fingerprint density at radius 2 is 1.57 bits per heavy atom. The molecular formula is C19H21NO3. The normalized spacial score (nSPS) is 11.7. The number of para-hydroxylation sites is 1. The summed E-state index contributed by atoms with van der Waals surface area (Å²) in [4.78, 5) is 23.5. The molecule has 2 aromatic rings. The summed E-state index contributed by atoms with van der Waals surface area (Å²) in [5.41, 5.74) is 3.24. The number of anilines is 1. The van der Waals surface area contributed by atoms with Crippen LogP contribution in [0, 0.1) is 13.8 Å². The summed E-state index contributed by atoms with van der Waals surface area (Å²) in [6, 6.07) is 12.7. The van der Waals surface area contributed by atoms with Crippen molar-refractivity contribution in [3.05, 3.63) is 59.2 Å². The molecule has 0 aliphatic carbocycles. The number of benzene rings is 2. The topological polar surface area (TPSA) is 55.4 Å². The molecule has 120 valence electrons. The number of rotatable bonds is 5. The molecule has 0 saturated heterocycles. The third-order valence-corrected chi connectivity index (χ3v) is 3.63. The average Bonchev–Trinajstić information content (AvgIpc) is 2.51. The van der Waals surface area contributed by atoms with Crippen LogP contribution < -0.4 is 10.1 Å². The second-order valence-corrected chi connectivity index (χ2v) is 5.60. The van der Waals surface area contributed by atoms with E-state index in [0.29, 0.717) is 11.3 Å². The summed E-state index contributed by atoms with van der Waals surface area (Å²) in [6.45, 7) is 7.13. The smallest absolute Gasteiger partial charge is 0.265 e. The maximum absolute atomic E-state index is 12.3. The van der Waals surface area contributed by atoms with E-state index in [2.05, 4.69) is 5.32 Å². The van der Waals surface area contributed by atoms with Crippen molar-refractivity contribution in [2.45, 2.75) is 33.8 Å². The molecule has 2 aromatic carbocycles. The molecule has 0 radical (unpaired) electrons. The van der Waals surface area contributed by atoms with Crippen LogP contribution in [0.25, 0.3) is 0 Å². The van der Waals surface area contributed by atoms with Gasteiger partial charge in [-0.2, -0.15) is 0 Å². The molecule has 1 amide bonds. The molecule has 4 nitrogen and oxygen atoms in total. The van der Waals surface area contributed by atoms with E-state index in [-0.39, 0.29) is 11.7 Å². The monoisotopic (exact) mass is 311 g/mol. The Bertz CT molecular complexity index is 700. The van der Waals surface area contributed by atoms with Gasteiger partial charge in [0, 0.05) is 11.3 Å². The van der Waals surface area contributed by atoms with Crippen LogP contribution in [0.4, 0.5) is 5.69 Å². The summed E-state index contributed by atoms with van der Waals surface area (Å²) in [5.74, 6) is 0.500. The molecule has 1 unspecified atom stereocenters. The lowest BCUT2D eigenvalue weighted by Gasteiger charge is -2.18. The number of Topliss-reactive ketones (excluding diaryl/α,β-unsaturated/α-hetero) is 1. The molecule has 0 aliphatic rings. The quantitative estimate of drug-likeness (QED) is 0.852. The number of hydrogen-bond donors (Lipinski definition) is 1. The minimum Gasteiger partial charge on any atom is -0.480 e. The Morgan fingerprint density at radius 3 is 2.09 bits per heavy atom. The van der Waals surface area contributed by atoms with E-state index >= 15 is 0 Å². The van der Waals surface area contributed by atoms with Gasteiger partial charge in [-0.1, -0.05) is 18.2 Å². The second kappa shape index (κ2) is 7.09. The largest absolute Gasteiger partial charge is 0.480 e. The Balaban J connectivity index is 2.04. The number of nitrogens with one attached hydrogen (secondary N) is 1. The lowest BCUT2D eigenvalue weighted by molar-refractivity contribution is -0.122. The van der Waals surface area contributed by atoms with Gasteiger partial charge < -0.3 is 10.1 Å². The van der Waals surface area contributed by atoms with Gasteiger partial charge in [-0.25, -0.2) is 0 Å². The first-order valence-corrected chi connectivity index (χ1v) is 7.53. The van der Waals surface area contributed by atoms with Crippen molar-refractivity contribution in [3.63, 3.8) is 0 Å². The van der Waals surface area contributed by atoms with Crippen LogP contribution >= 0.6 is 0 Å². The summed E-state index contributed by atoms with van der Waals surface area (Å²) in [7, 11) is 0. The minimum absolute atomic E-state index is 0.00499. The van der Waals surface area contributed by atoms with Gasteiger partial charge in [0.05, 0.1) is 0 Å². The first kappa shape index (κ1) is 16.7. The van der Waals surface area contributed by atoms with Crippen molar-refractivity contribution in [1.82, 2.24) is 0 Å². The molecule has 0 bridgehead atoms. The first-order chi connectivity index (χ1) is 10.9. The van der Waals surface area contributed by atoms with Crippen LogP contribution in [0.2, 0.25) is 0 Å². The second-order valence-electron chi connectivity index (χ2n) is 5.60. The fourth-order valence-corrected chi connectivity index (χ4v) is 2.25. The van der Waals surface area contributed by atoms with Gasteiger partial charge in [0.2, 0.25) is 0 Å². The zero-order valence-corrected chi connectivity index (χ0v) is 13.8. The standard InChI is InChI=1S/C19H21NO3/c1-12-6-5-7-13(2)18(12)23-15(4)19(22)20-17-10-8-16(9-11-17)14(3)21/h5-11,15H,1-4H3,(H,20,22). The highest BCUT2D eigenvalue weighted by atomic mass is 16.5. The molecule has 0 fully saturated rings. The van der Waals surface area contributed by atoms with Crippen LogP contribution in [-0.4, -0.2) is 17.8 Å². The van der Waals surface area contributed by atoms with Crippen LogP contribution in [0.15, 0.2) is 42.5 Å². The van der Waals surface area contributed by atoms with Crippen molar-refractivity contribution in [2.24, 2.45) is 0 Å². The molecule has 0 saturated carbocycles. The van der Waals surface area contributed by atoms with E-state index in [9.17, 15) is 9.59 Å². The van der Waals surface area contributed by atoms with Gasteiger partial charge in [-0.3, -0.25) is 9.59 Å². The van der Waals surface area contributed by atoms with E-state index in [4.69, 9.17) is 4.74 Å². The highest BCUT2D eigenvalue weighted by molar-refractivity contribution is 5.96. The van der Waals surface area contributed by atoms with E-state index in [1.165, 1.54) is 6.92 Å². The van der Waals surface area contributed by atoms with Gasteiger partial charge in [0.1, 0.15) is 5.75 Å². The molecule has 0 heterocycles. The van der Waals surface area contributed by atoms with Crippen molar-refractivity contribution in [1.29, 1.82) is 0 Å². The predicted octanol–water partition coefficient (Wildman–Crippen LogP) is 3.91. The molecule has 0 spiro atoms. The Hall–Kier alpha value is -2.62. The van der Waals surface area contributed by atoms with E-state index in [0.717, 1.165) is 16.9 Å².